The monoisotopic (exact) mass is 384 g/mol. The molecule has 0 aliphatic carbocycles. The zero-order chi connectivity index (χ0) is 20.1. The fourth-order valence-electron chi connectivity index (χ4n) is 2.84. The molecule has 4 rings (SSSR count). The molecule has 0 saturated carbocycles. The van der Waals surface area contributed by atoms with E-state index >= 15 is 0 Å². The number of nitrogens with zero attached hydrogens (tertiary/aromatic N) is 3. The van der Waals surface area contributed by atoms with E-state index in [1.807, 2.05) is 66.9 Å². The third kappa shape index (κ3) is 4.27. The molecule has 6 heteroatoms. The van der Waals surface area contributed by atoms with Crippen LogP contribution in [0.4, 0.5) is 4.39 Å². The third-order valence-electron chi connectivity index (χ3n) is 4.29. The van der Waals surface area contributed by atoms with Gasteiger partial charge in [-0.2, -0.15) is 10.2 Å². The number of halogens is 1. The molecule has 0 radical (unpaired) electrons. The molecule has 5 nitrogen and oxygen atoms in total. The Bertz CT molecular complexity index is 1140. The molecule has 0 unspecified atom stereocenters. The summed E-state index contributed by atoms with van der Waals surface area (Å²) in [5, 5.41) is 8.75. The van der Waals surface area contributed by atoms with Crippen molar-refractivity contribution in [2.45, 2.75) is 0 Å². The van der Waals surface area contributed by atoms with Gasteiger partial charge in [-0.05, 0) is 36.4 Å². The predicted molar refractivity (Wildman–Crippen MR) is 110 cm³/mol. The van der Waals surface area contributed by atoms with E-state index < -0.39 is 11.7 Å². The molecular weight excluding hydrogens is 367 g/mol. The van der Waals surface area contributed by atoms with Crippen LogP contribution in [0.1, 0.15) is 15.9 Å². The molecule has 0 fully saturated rings. The molecule has 0 saturated heterocycles. The number of aromatic nitrogens is 2. The minimum atomic E-state index is -0.419. The van der Waals surface area contributed by atoms with Gasteiger partial charge >= 0.3 is 0 Å². The van der Waals surface area contributed by atoms with Crippen molar-refractivity contribution in [3.63, 3.8) is 0 Å². The number of benzene rings is 3. The molecule has 0 aliphatic rings. The normalized spacial score (nSPS) is 10.9. The maximum atomic E-state index is 13.0. The van der Waals surface area contributed by atoms with Gasteiger partial charge in [-0.25, -0.2) is 14.5 Å². The van der Waals surface area contributed by atoms with Gasteiger partial charge in [0, 0.05) is 22.9 Å². The quantitative estimate of drug-likeness (QED) is 0.408. The van der Waals surface area contributed by atoms with Gasteiger partial charge in [-0.15, -0.1) is 0 Å². The second kappa shape index (κ2) is 8.31. The van der Waals surface area contributed by atoms with E-state index in [2.05, 4.69) is 15.6 Å². The standard InChI is InChI=1S/C23H17FN4O/c24-20-13-11-18(12-14-20)23(29)26-25-15-19-16-28(21-9-5-2-6-10-21)27-22(19)17-7-3-1-4-8-17/h1-16H,(H,26,29)/b25-15+. The SMILES string of the molecule is O=C(N/N=C/c1cn(-c2ccccc2)nc1-c1ccccc1)c1ccc(F)cc1. The number of rotatable bonds is 5. The molecule has 1 aromatic heterocycles. The molecule has 3 aromatic carbocycles. The van der Waals surface area contributed by atoms with Crippen LogP contribution in [0.15, 0.2) is 96.2 Å². The summed E-state index contributed by atoms with van der Waals surface area (Å²) >= 11 is 0. The summed E-state index contributed by atoms with van der Waals surface area (Å²) < 4.78 is 14.8. The third-order valence-corrected chi connectivity index (χ3v) is 4.29. The first kappa shape index (κ1) is 18.3. The number of para-hydroxylation sites is 1. The second-order valence-corrected chi connectivity index (χ2v) is 6.29. The van der Waals surface area contributed by atoms with E-state index in [9.17, 15) is 9.18 Å². The average Bonchev–Trinajstić information content (AvgIpc) is 3.19. The van der Waals surface area contributed by atoms with E-state index in [-0.39, 0.29) is 0 Å². The van der Waals surface area contributed by atoms with E-state index in [0.29, 0.717) is 5.56 Å². The highest BCUT2D eigenvalue weighted by molar-refractivity contribution is 5.95. The molecule has 0 atom stereocenters. The van der Waals surface area contributed by atoms with Crippen LogP contribution < -0.4 is 5.43 Å². The van der Waals surface area contributed by atoms with Crippen LogP contribution in [0.3, 0.4) is 0 Å². The first-order valence-corrected chi connectivity index (χ1v) is 9.00. The summed E-state index contributed by atoms with van der Waals surface area (Å²) in [5.41, 5.74) is 6.14. The Morgan fingerprint density at radius 2 is 1.59 bits per heavy atom. The van der Waals surface area contributed by atoms with Gasteiger partial charge in [0.25, 0.3) is 5.91 Å². The molecular formula is C23H17FN4O. The fraction of sp³-hybridized carbons (Fsp3) is 0. The van der Waals surface area contributed by atoms with Gasteiger partial charge in [-0.3, -0.25) is 4.79 Å². The second-order valence-electron chi connectivity index (χ2n) is 6.29. The number of carbonyl (C=O) groups is 1. The Hall–Kier alpha value is -4.06. The smallest absolute Gasteiger partial charge is 0.267 e. The molecule has 142 valence electrons. The van der Waals surface area contributed by atoms with Crippen molar-refractivity contribution in [3.8, 4) is 16.9 Å². The van der Waals surface area contributed by atoms with Crippen LogP contribution in [-0.2, 0) is 0 Å². The number of hydrogen-bond donors (Lipinski definition) is 1. The Balaban J connectivity index is 1.61. The number of amides is 1. The first-order chi connectivity index (χ1) is 14.2. The number of hydrogen-bond acceptors (Lipinski definition) is 3. The van der Waals surface area contributed by atoms with Gasteiger partial charge in [0.05, 0.1) is 11.9 Å². The van der Waals surface area contributed by atoms with Crippen LogP contribution in [0.25, 0.3) is 16.9 Å². The van der Waals surface area contributed by atoms with Gasteiger partial charge in [0.2, 0.25) is 0 Å². The van der Waals surface area contributed by atoms with Crippen LogP contribution in [0, 0.1) is 5.82 Å². The van der Waals surface area contributed by atoms with Crippen molar-refractivity contribution >= 4 is 12.1 Å². The highest BCUT2D eigenvalue weighted by Crippen LogP contribution is 2.22. The lowest BCUT2D eigenvalue weighted by Gasteiger charge is -2.00. The van der Waals surface area contributed by atoms with Crippen molar-refractivity contribution in [2.24, 2.45) is 5.10 Å². The first-order valence-electron chi connectivity index (χ1n) is 9.00. The Morgan fingerprint density at radius 1 is 0.931 bits per heavy atom. The molecule has 1 N–H and O–H groups in total. The topological polar surface area (TPSA) is 59.3 Å². The van der Waals surface area contributed by atoms with Gasteiger partial charge < -0.3 is 0 Å². The summed E-state index contributed by atoms with van der Waals surface area (Å²) in [7, 11) is 0. The summed E-state index contributed by atoms with van der Waals surface area (Å²) in [6.07, 6.45) is 3.40. The zero-order valence-corrected chi connectivity index (χ0v) is 15.4. The van der Waals surface area contributed by atoms with E-state index in [0.717, 1.165) is 22.5 Å². The van der Waals surface area contributed by atoms with Crippen LogP contribution in [-0.4, -0.2) is 21.9 Å². The van der Waals surface area contributed by atoms with Crippen molar-refractivity contribution in [3.05, 3.63) is 108 Å². The number of hydrazone groups is 1. The van der Waals surface area contributed by atoms with Crippen molar-refractivity contribution < 1.29 is 9.18 Å². The van der Waals surface area contributed by atoms with Gasteiger partial charge in [0.15, 0.2) is 0 Å². The Morgan fingerprint density at radius 3 is 2.28 bits per heavy atom. The molecule has 1 amide bonds. The average molecular weight is 384 g/mol. The highest BCUT2D eigenvalue weighted by Gasteiger charge is 2.11. The minimum Gasteiger partial charge on any atom is -0.267 e. The predicted octanol–water partition coefficient (Wildman–Crippen LogP) is 4.44. The van der Waals surface area contributed by atoms with Gasteiger partial charge in [-0.1, -0.05) is 48.5 Å². The largest absolute Gasteiger partial charge is 0.271 e. The molecule has 0 bridgehead atoms. The number of nitrogens with one attached hydrogen (secondary N) is 1. The van der Waals surface area contributed by atoms with Crippen LogP contribution in [0.2, 0.25) is 0 Å². The Kier molecular flexibility index (Phi) is 5.25. The van der Waals surface area contributed by atoms with Crippen molar-refractivity contribution in [1.82, 2.24) is 15.2 Å². The number of carbonyl (C=O) groups excluding carboxylic acids is 1. The summed E-state index contributed by atoms with van der Waals surface area (Å²) in [4.78, 5) is 12.2. The molecule has 4 aromatic rings. The fourth-order valence-corrected chi connectivity index (χ4v) is 2.84. The zero-order valence-electron chi connectivity index (χ0n) is 15.4. The lowest BCUT2D eigenvalue weighted by atomic mass is 10.1. The lowest BCUT2D eigenvalue weighted by molar-refractivity contribution is 0.0955. The van der Waals surface area contributed by atoms with E-state index in [1.54, 1.807) is 10.9 Å². The molecule has 1 heterocycles. The highest BCUT2D eigenvalue weighted by atomic mass is 19.1. The molecule has 0 spiro atoms. The van der Waals surface area contributed by atoms with E-state index in [1.165, 1.54) is 24.3 Å². The summed E-state index contributed by atoms with van der Waals surface area (Å²) in [5.74, 6) is -0.816. The van der Waals surface area contributed by atoms with Gasteiger partial charge in [0.1, 0.15) is 11.5 Å². The van der Waals surface area contributed by atoms with Crippen molar-refractivity contribution in [1.29, 1.82) is 0 Å². The maximum absolute atomic E-state index is 13.0. The van der Waals surface area contributed by atoms with Crippen molar-refractivity contribution in [2.75, 3.05) is 0 Å². The van der Waals surface area contributed by atoms with E-state index in [4.69, 9.17) is 0 Å². The summed E-state index contributed by atoms with van der Waals surface area (Å²) in [6.45, 7) is 0. The summed E-state index contributed by atoms with van der Waals surface area (Å²) in [6, 6.07) is 24.8. The molecule has 29 heavy (non-hydrogen) atoms. The molecule has 0 aliphatic heterocycles. The minimum absolute atomic E-state index is 0.326. The van der Waals surface area contributed by atoms with Crippen LogP contribution in [0.5, 0.6) is 0 Å². The Labute approximate surface area is 167 Å². The lowest BCUT2D eigenvalue weighted by Crippen LogP contribution is -2.17. The maximum Gasteiger partial charge on any atom is 0.271 e. The van der Waals surface area contributed by atoms with Crippen LogP contribution >= 0.6 is 0 Å².